The highest BCUT2D eigenvalue weighted by atomic mass is 16.5. The number of benzene rings is 2. The van der Waals surface area contributed by atoms with Crippen LogP contribution >= 0.6 is 0 Å². The second kappa shape index (κ2) is 13.8. The number of nitrogens with one attached hydrogen (secondary N) is 1. The van der Waals surface area contributed by atoms with Gasteiger partial charge in [-0.25, -0.2) is 0 Å². The van der Waals surface area contributed by atoms with Gasteiger partial charge in [-0.2, -0.15) is 4.98 Å². The number of piperidine rings is 1. The number of likely N-dealkylation sites (tertiary alicyclic amines) is 2. The van der Waals surface area contributed by atoms with E-state index < -0.39 is 0 Å². The number of methoxy groups -OCH3 is 2. The van der Waals surface area contributed by atoms with E-state index in [1.165, 1.54) is 49.9 Å². The van der Waals surface area contributed by atoms with Crippen molar-refractivity contribution in [3.8, 4) is 22.9 Å². The number of aromatic nitrogens is 2. The van der Waals surface area contributed by atoms with Crippen molar-refractivity contribution in [3.05, 3.63) is 59.5 Å². The molecule has 0 spiro atoms. The lowest BCUT2D eigenvalue weighted by Gasteiger charge is -2.30. The van der Waals surface area contributed by atoms with Crippen LogP contribution in [0.15, 0.2) is 47.0 Å². The van der Waals surface area contributed by atoms with Gasteiger partial charge < -0.3 is 19.3 Å². The maximum Gasteiger partial charge on any atom is 0.241 e. The first-order chi connectivity index (χ1) is 19.6. The van der Waals surface area contributed by atoms with Crippen LogP contribution < -0.4 is 14.8 Å². The van der Waals surface area contributed by atoms with Crippen LogP contribution in [0.1, 0.15) is 55.5 Å². The van der Waals surface area contributed by atoms with E-state index in [4.69, 9.17) is 14.0 Å². The molecule has 2 saturated heterocycles. The van der Waals surface area contributed by atoms with E-state index in [0.717, 1.165) is 38.0 Å². The number of carbonyl (C=O) groups is 1. The van der Waals surface area contributed by atoms with Crippen molar-refractivity contribution >= 4 is 5.91 Å². The van der Waals surface area contributed by atoms with Crippen LogP contribution in [0.25, 0.3) is 11.4 Å². The summed E-state index contributed by atoms with van der Waals surface area (Å²) in [7, 11) is 3.20. The third-order valence-electron chi connectivity index (χ3n) is 7.99. The van der Waals surface area contributed by atoms with Gasteiger partial charge in [0.15, 0.2) is 11.5 Å². The smallest absolute Gasteiger partial charge is 0.241 e. The molecule has 40 heavy (non-hydrogen) atoms. The lowest BCUT2D eigenvalue weighted by atomic mass is 9.96. The molecule has 1 N–H and O–H groups in total. The Bertz CT molecular complexity index is 1250. The van der Waals surface area contributed by atoms with Gasteiger partial charge in [-0.1, -0.05) is 42.3 Å². The fourth-order valence-corrected chi connectivity index (χ4v) is 5.68. The summed E-state index contributed by atoms with van der Waals surface area (Å²) in [6.07, 6.45) is 6.92. The number of amides is 1. The molecule has 1 aromatic heterocycles. The normalized spacial score (nSPS) is 17.4. The van der Waals surface area contributed by atoms with Gasteiger partial charge in [-0.3, -0.25) is 14.6 Å². The highest BCUT2D eigenvalue weighted by Crippen LogP contribution is 2.31. The molecular weight excluding hydrogens is 506 g/mol. The van der Waals surface area contributed by atoms with Crippen LogP contribution in [0.5, 0.6) is 11.5 Å². The predicted molar refractivity (Wildman–Crippen MR) is 153 cm³/mol. The van der Waals surface area contributed by atoms with E-state index in [1.807, 2.05) is 18.2 Å². The zero-order valence-electron chi connectivity index (χ0n) is 23.7. The molecule has 0 atom stereocenters. The number of carbonyl (C=O) groups excluding carboxylic acids is 1. The minimum absolute atomic E-state index is 0.0292. The van der Waals surface area contributed by atoms with Crippen molar-refractivity contribution < 1.29 is 18.8 Å². The van der Waals surface area contributed by atoms with Gasteiger partial charge in [0, 0.05) is 24.6 Å². The van der Waals surface area contributed by atoms with E-state index in [9.17, 15) is 4.79 Å². The van der Waals surface area contributed by atoms with E-state index in [1.54, 1.807) is 14.2 Å². The van der Waals surface area contributed by atoms with Crippen LogP contribution in [-0.4, -0.2) is 66.2 Å². The summed E-state index contributed by atoms with van der Waals surface area (Å²) in [6, 6.07) is 14.2. The van der Waals surface area contributed by atoms with Gasteiger partial charge in [0.2, 0.25) is 17.6 Å². The Hall–Kier alpha value is -3.43. The molecular formula is C31H41N5O4. The molecule has 3 heterocycles. The van der Waals surface area contributed by atoms with E-state index >= 15 is 0 Å². The van der Waals surface area contributed by atoms with Crippen LogP contribution in [0, 0.1) is 5.92 Å². The first-order valence-electron chi connectivity index (χ1n) is 14.5. The molecule has 2 aliphatic heterocycles. The van der Waals surface area contributed by atoms with Crippen LogP contribution in [0.3, 0.4) is 0 Å². The molecule has 0 bridgehead atoms. The standard InChI is InChI=1S/C31H41N5O4/c1-38-27-11-10-26(19-28(27)39-2)30-33-29(40-34-30)22-36-16-12-25(13-17-36)31(37)32-20-23-8-7-9-24(18-23)21-35-14-5-3-4-6-15-35/h7-11,18-19,25H,3-6,12-17,20-22H2,1-2H3,(H,32,37). The van der Waals surface area contributed by atoms with Crippen molar-refractivity contribution in [2.45, 2.75) is 58.2 Å². The third kappa shape index (κ3) is 7.40. The molecule has 1 amide bonds. The Kier molecular flexibility index (Phi) is 9.67. The maximum atomic E-state index is 12.9. The molecule has 5 rings (SSSR count). The van der Waals surface area contributed by atoms with Crippen molar-refractivity contribution in [2.75, 3.05) is 40.4 Å². The second-order valence-electron chi connectivity index (χ2n) is 10.9. The zero-order chi connectivity index (χ0) is 27.7. The largest absolute Gasteiger partial charge is 0.493 e. The minimum atomic E-state index is 0.0292. The molecule has 214 valence electrons. The topological polar surface area (TPSA) is 93.0 Å². The summed E-state index contributed by atoms with van der Waals surface area (Å²) in [5, 5.41) is 7.33. The summed E-state index contributed by atoms with van der Waals surface area (Å²) in [4.78, 5) is 22.3. The molecule has 2 aliphatic rings. The van der Waals surface area contributed by atoms with Crippen molar-refractivity contribution in [3.63, 3.8) is 0 Å². The Morgan fingerprint density at radius 1 is 0.900 bits per heavy atom. The number of rotatable bonds is 10. The Balaban J connectivity index is 1.07. The molecule has 3 aromatic rings. The number of nitrogens with zero attached hydrogens (tertiary/aromatic N) is 4. The first kappa shape index (κ1) is 28.1. The average Bonchev–Trinajstić information content (AvgIpc) is 3.30. The fourth-order valence-electron chi connectivity index (χ4n) is 5.68. The number of hydrogen-bond donors (Lipinski definition) is 1. The van der Waals surface area contributed by atoms with Gasteiger partial charge >= 0.3 is 0 Å². The summed E-state index contributed by atoms with van der Waals surface area (Å²) in [5.74, 6) is 2.52. The number of hydrogen-bond acceptors (Lipinski definition) is 8. The van der Waals surface area contributed by atoms with E-state index in [0.29, 0.717) is 36.3 Å². The fraction of sp³-hybridized carbons (Fsp3) is 0.516. The summed E-state index contributed by atoms with van der Waals surface area (Å²) in [6.45, 7) is 6.15. The van der Waals surface area contributed by atoms with Gasteiger partial charge in [0.25, 0.3) is 0 Å². The Morgan fingerprint density at radius 2 is 1.62 bits per heavy atom. The lowest BCUT2D eigenvalue weighted by Crippen LogP contribution is -2.40. The molecule has 0 aliphatic carbocycles. The highest BCUT2D eigenvalue weighted by molar-refractivity contribution is 5.78. The van der Waals surface area contributed by atoms with Gasteiger partial charge in [-0.05, 0) is 81.2 Å². The van der Waals surface area contributed by atoms with Crippen molar-refractivity contribution in [1.82, 2.24) is 25.3 Å². The monoisotopic (exact) mass is 547 g/mol. The van der Waals surface area contributed by atoms with E-state index in [-0.39, 0.29) is 11.8 Å². The number of ether oxygens (including phenoxy) is 2. The van der Waals surface area contributed by atoms with Gasteiger partial charge in [-0.15, -0.1) is 0 Å². The highest BCUT2D eigenvalue weighted by Gasteiger charge is 2.26. The quantitative estimate of drug-likeness (QED) is 0.392. The third-order valence-corrected chi connectivity index (χ3v) is 7.99. The minimum Gasteiger partial charge on any atom is -0.493 e. The predicted octanol–water partition coefficient (Wildman–Crippen LogP) is 4.66. The van der Waals surface area contributed by atoms with Gasteiger partial charge in [0.05, 0.1) is 20.8 Å². The average molecular weight is 548 g/mol. The van der Waals surface area contributed by atoms with Crippen LogP contribution in [0.2, 0.25) is 0 Å². The molecule has 2 aromatic carbocycles. The molecule has 0 radical (unpaired) electrons. The zero-order valence-corrected chi connectivity index (χ0v) is 23.7. The molecule has 2 fully saturated rings. The Labute approximate surface area is 236 Å². The second-order valence-corrected chi connectivity index (χ2v) is 10.9. The molecule has 9 heteroatoms. The molecule has 9 nitrogen and oxygen atoms in total. The molecule has 0 unspecified atom stereocenters. The maximum absolute atomic E-state index is 12.9. The Morgan fingerprint density at radius 3 is 2.38 bits per heavy atom. The summed E-state index contributed by atoms with van der Waals surface area (Å²) >= 11 is 0. The first-order valence-corrected chi connectivity index (χ1v) is 14.5. The molecule has 0 saturated carbocycles. The van der Waals surface area contributed by atoms with E-state index in [2.05, 4.69) is 49.5 Å². The van der Waals surface area contributed by atoms with Crippen LogP contribution in [0.4, 0.5) is 0 Å². The summed E-state index contributed by atoms with van der Waals surface area (Å²) in [5.41, 5.74) is 3.30. The van der Waals surface area contributed by atoms with Gasteiger partial charge in [0.1, 0.15) is 0 Å². The van der Waals surface area contributed by atoms with Crippen LogP contribution in [-0.2, 0) is 24.4 Å². The van der Waals surface area contributed by atoms with Crippen molar-refractivity contribution in [2.24, 2.45) is 5.92 Å². The lowest BCUT2D eigenvalue weighted by molar-refractivity contribution is -0.126. The SMILES string of the molecule is COc1ccc(-c2noc(CN3CCC(C(=O)NCc4cccc(CN5CCCCCC5)c4)CC3)n2)cc1OC. The van der Waals surface area contributed by atoms with Crippen molar-refractivity contribution in [1.29, 1.82) is 0 Å². The summed E-state index contributed by atoms with van der Waals surface area (Å²) < 4.78 is 16.2.